The highest BCUT2D eigenvalue weighted by Gasteiger charge is 2.28. The molecule has 2 N–H and O–H groups in total. The molecule has 0 aliphatic rings. The molecule has 0 unspecified atom stereocenters. The molecule has 2 rings (SSSR count). The van der Waals surface area contributed by atoms with E-state index in [1.54, 1.807) is 18.2 Å². The Morgan fingerprint density at radius 1 is 1.19 bits per heavy atom. The van der Waals surface area contributed by atoms with Crippen LogP contribution in [0.4, 0.5) is 13.2 Å². The van der Waals surface area contributed by atoms with E-state index < -0.39 is 12.7 Å². The molecule has 1 aromatic carbocycles. The minimum Gasteiger partial charge on any atom is -0.338 e. The van der Waals surface area contributed by atoms with Gasteiger partial charge >= 0.3 is 6.18 Å². The van der Waals surface area contributed by atoms with Crippen molar-refractivity contribution in [3.63, 3.8) is 0 Å². The number of hydrogen-bond acceptors (Lipinski definition) is 1. The Balaban J connectivity index is 2.46. The monoisotopic (exact) mass is 228 g/mol. The molecule has 16 heavy (non-hydrogen) atoms. The highest BCUT2D eigenvalue weighted by atomic mass is 19.4. The van der Waals surface area contributed by atoms with Gasteiger partial charge in [0.05, 0.1) is 0 Å². The lowest BCUT2D eigenvalue weighted by Crippen LogP contribution is -2.16. The van der Waals surface area contributed by atoms with Crippen LogP contribution in [0.25, 0.3) is 10.9 Å². The van der Waals surface area contributed by atoms with Gasteiger partial charge in [0.25, 0.3) is 0 Å². The minimum absolute atomic E-state index is 0.327. The molecule has 0 atom stereocenters. The summed E-state index contributed by atoms with van der Waals surface area (Å²) in [5.41, 5.74) is 6.85. The summed E-state index contributed by atoms with van der Waals surface area (Å²) in [7, 11) is 0. The first kappa shape index (κ1) is 11.0. The standard InChI is InChI=1S/C11H11F3N2/c12-11(13,14)7-16-4-3-9-2-1-8(6-15)5-10(9)16/h1-5H,6-7,15H2. The van der Waals surface area contributed by atoms with E-state index in [1.165, 1.54) is 10.8 Å². The van der Waals surface area contributed by atoms with E-state index in [2.05, 4.69) is 0 Å². The second kappa shape index (κ2) is 3.83. The second-order valence-electron chi connectivity index (χ2n) is 3.66. The highest BCUT2D eigenvalue weighted by Crippen LogP contribution is 2.23. The van der Waals surface area contributed by atoms with E-state index in [4.69, 9.17) is 5.73 Å². The number of benzene rings is 1. The Labute approximate surface area is 90.5 Å². The van der Waals surface area contributed by atoms with E-state index >= 15 is 0 Å². The van der Waals surface area contributed by atoms with Crippen molar-refractivity contribution in [2.45, 2.75) is 19.3 Å². The maximum absolute atomic E-state index is 12.3. The lowest BCUT2D eigenvalue weighted by atomic mass is 10.1. The van der Waals surface area contributed by atoms with E-state index in [1.807, 2.05) is 6.07 Å². The molecule has 0 fully saturated rings. The van der Waals surface area contributed by atoms with Gasteiger partial charge in [-0.3, -0.25) is 0 Å². The summed E-state index contributed by atoms with van der Waals surface area (Å²) in [6, 6.07) is 6.97. The Hall–Kier alpha value is -1.49. The van der Waals surface area contributed by atoms with Crippen LogP contribution in [0.15, 0.2) is 30.5 Å². The maximum atomic E-state index is 12.3. The van der Waals surface area contributed by atoms with Crippen molar-refractivity contribution in [1.29, 1.82) is 0 Å². The third-order valence-corrected chi connectivity index (χ3v) is 2.42. The number of alkyl halides is 3. The number of aromatic nitrogens is 1. The Bertz CT molecular complexity index is 499. The van der Waals surface area contributed by atoms with Crippen LogP contribution in [-0.2, 0) is 13.1 Å². The molecule has 0 saturated heterocycles. The molecule has 0 bridgehead atoms. The smallest absolute Gasteiger partial charge is 0.338 e. The van der Waals surface area contributed by atoms with Crippen molar-refractivity contribution in [3.8, 4) is 0 Å². The second-order valence-corrected chi connectivity index (χ2v) is 3.66. The first-order valence-corrected chi connectivity index (χ1v) is 4.84. The molecule has 0 aliphatic heterocycles. The summed E-state index contributed by atoms with van der Waals surface area (Å²) in [5.74, 6) is 0. The average Bonchev–Trinajstić information content (AvgIpc) is 2.58. The first-order valence-electron chi connectivity index (χ1n) is 4.84. The zero-order valence-electron chi connectivity index (χ0n) is 8.46. The van der Waals surface area contributed by atoms with Crippen molar-refractivity contribution in [2.24, 2.45) is 5.73 Å². The van der Waals surface area contributed by atoms with Crippen molar-refractivity contribution in [1.82, 2.24) is 4.57 Å². The van der Waals surface area contributed by atoms with E-state index in [9.17, 15) is 13.2 Å². The summed E-state index contributed by atoms with van der Waals surface area (Å²) >= 11 is 0. The van der Waals surface area contributed by atoms with E-state index in [-0.39, 0.29) is 0 Å². The van der Waals surface area contributed by atoms with E-state index in [0.717, 1.165) is 10.9 Å². The first-order chi connectivity index (χ1) is 7.49. The third kappa shape index (κ3) is 2.19. The normalized spacial score (nSPS) is 12.2. The van der Waals surface area contributed by atoms with Crippen molar-refractivity contribution >= 4 is 10.9 Å². The molecule has 0 aliphatic carbocycles. The SMILES string of the molecule is NCc1ccc2ccn(CC(F)(F)F)c2c1. The summed E-state index contributed by atoms with van der Waals surface area (Å²) in [4.78, 5) is 0. The Morgan fingerprint density at radius 3 is 2.56 bits per heavy atom. The molecular formula is C11H11F3N2. The molecule has 1 heterocycles. The number of nitrogens with two attached hydrogens (primary N) is 1. The van der Waals surface area contributed by atoms with Crippen LogP contribution < -0.4 is 5.73 Å². The molecule has 2 nitrogen and oxygen atoms in total. The lowest BCUT2D eigenvalue weighted by Gasteiger charge is -2.09. The zero-order valence-corrected chi connectivity index (χ0v) is 8.46. The number of nitrogens with zero attached hydrogens (tertiary/aromatic N) is 1. The molecule has 0 saturated carbocycles. The van der Waals surface area contributed by atoms with Crippen LogP contribution in [0.5, 0.6) is 0 Å². The van der Waals surface area contributed by atoms with Crippen LogP contribution >= 0.6 is 0 Å². The number of rotatable bonds is 2. The van der Waals surface area contributed by atoms with Gasteiger partial charge in [0, 0.05) is 18.3 Å². The van der Waals surface area contributed by atoms with Crippen molar-refractivity contribution < 1.29 is 13.2 Å². The quantitative estimate of drug-likeness (QED) is 0.841. The van der Waals surface area contributed by atoms with Crippen molar-refractivity contribution in [2.75, 3.05) is 0 Å². The predicted octanol–water partition coefficient (Wildman–Crippen LogP) is 2.66. The predicted molar refractivity (Wildman–Crippen MR) is 55.9 cm³/mol. The topological polar surface area (TPSA) is 30.9 Å². The van der Waals surface area contributed by atoms with Gasteiger partial charge in [0.15, 0.2) is 0 Å². The van der Waals surface area contributed by atoms with Gasteiger partial charge in [0.1, 0.15) is 6.54 Å². The molecule has 0 spiro atoms. The van der Waals surface area contributed by atoms with Crippen LogP contribution in [-0.4, -0.2) is 10.7 Å². The molecule has 0 amide bonds. The van der Waals surface area contributed by atoms with Gasteiger partial charge < -0.3 is 10.3 Å². The fourth-order valence-electron chi connectivity index (χ4n) is 1.69. The fourth-order valence-corrected chi connectivity index (χ4v) is 1.69. The maximum Gasteiger partial charge on any atom is 0.406 e. The summed E-state index contributed by atoms with van der Waals surface area (Å²) < 4.78 is 38.0. The lowest BCUT2D eigenvalue weighted by molar-refractivity contribution is -0.139. The third-order valence-electron chi connectivity index (χ3n) is 2.42. The number of fused-ring (bicyclic) bond motifs is 1. The van der Waals surface area contributed by atoms with Gasteiger partial charge in [-0.1, -0.05) is 12.1 Å². The fraction of sp³-hybridized carbons (Fsp3) is 0.273. The number of halogens is 3. The molecule has 0 radical (unpaired) electrons. The van der Waals surface area contributed by atoms with Gasteiger partial charge in [0.2, 0.25) is 0 Å². The van der Waals surface area contributed by atoms with Gasteiger partial charge in [-0.05, 0) is 23.1 Å². The van der Waals surface area contributed by atoms with Crippen LogP contribution in [0.3, 0.4) is 0 Å². The average molecular weight is 228 g/mol. The van der Waals surface area contributed by atoms with Gasteiger partial charge in [-0.25, -0.2) is 0 Å². The molecule has 1 aromatic heterocycles. The van der Waals surface area contributed by atoms with Gasteiger partial charge in [-0.15, -0.1) is 0 Å². The van der Waals surface area contributed by atoms with Crippen LogP contribution in [0, 0.1) is 0 Å². The molecular weight excluding hydrogens is 217 g/mol. The summed E-state index contributed by atoms with van der Waals surface area (Å²) in [6.07, 6.45) is -2.76. The summed E-state index contributed by atoms with van der Waals surface area (Å²) in [5, 5.41) is 0.793. The van der Waals surface area contributed by atoms with E-state index in [0.29, 0.717) is 12.1 Å². The number of hydrogen-bond donors (Lipinski definition) is 1. The van der Waals surface area contributed by atoms with Crippen molar-refractivity contribution in [3.05, 3.63) is 36.0 Å². The highest BCUT2D eigenvalue weighted by molar-refractivity contribution is 5.80. The summed E-state index contributed by atoms with van der Waals surface area (Å²) in [6.45, 7) is -0.641. The minimum atomic E-state index is -4.20. The van der Waals surface area contributed by atoms with Gasteiger partial charge in [-0.2, -0.15) is 13.2 Å². The van der Waals surface area contributed by atoms with Crippen LogP contribution in [0.1, 0.15) is 5.56 Å². The Morgan fingerprint density at radius 2 is 1.94 bits per heavy atom. The zero-order chi connectivity index (χ0) is 11.8. The van der Waals surface area contributed by atoms with Crippen LogP contribution in [0.2, 0.25) is 0 Å². The largest absolute Gasteiger partial charge is 0.406 e. The molecule has 86 valence electrons. The Kier molecular flexibility index (Phi) is 2.63. The molecule has 2 aromatic rings. The molecule has 5 heteroatoms.